The molecule has 3 rings (SSSR count). The van der Waals surface area contributed by atoms with E-state index >= 15 is 0 Å². The van der Waals surface area contributed by atoms with Crippen molar-refractivity contribution in [3.05, 3.63) is 63.2 Å². The third kappa shape index (κ3) is 7.29. The van der Waals surface area contributed by atoms with Crippen LogP contribution in [0.5, 0.6) is 5.75 Å². The quantitative estimate of drug-likeness (QED) is 0.178. The maximum absolute atomic E-state index is 14.0. The van der Waals surface area contributed by atoms with E-state index in [1.54, 1.807) is 37.0 Å². The Morgan fingerprint density at radius 1 is 1.31 bits per heavy atom. The van der Waals surface area contributed by atoms with E-state index in [9.17, 15) is 28.4 Å². The fourth-order valence-corrected chi connectivity index (χ4v) is 5.30. The number of carbonyl (C=O) groups is 1. The summed E-state index contributed by atoms with van der Waals surface area (Å²) < 4.78 is 55.0. The van der Waals surface area contributed by atoms with Crippen LogP contribution in [0.25, 0.3) is 0 Å². The highest BCUT2D eigenvalue weighted by Gasteiger charge is 2.57. The zero-order chi connectivity index (χ0) is 29.0. The number of phosphoric acid groups is 1. The molecule has 2 aromatic rings. The summed E-state index contributed by atoms with van der Waals surface area (Å²) in [5.41, 5.74) is -2.42. The molecule has 0 radical (unpaired) electrons. The SMILES string of the molecule is CC(C)OC(=O)[C@H](C)O[P@](=O)(OC[C@H]1O[C@@H](n2cc(F)c(=O)[nH]c2=O)[C@@](Cl)(C#CCl)C1O)Oc1ccccc1. The minimum atomic E-state index is -4.62. The molecule has 2 N–H and O–H groups in total. The predicted molar refractivity (Wildman–Crippen MR) is 136 cm³/mol. The van der Waals surface area contributed by atoms with Gasteiger partial charge in [0, 0.05) is 5.38 Å². The highest BCUT2D eigenvalue weighted by atomic mass is 35.5. The number of benzene rings is 1. The van der Waals surface area contributed by atoms with Gasteiger partial charge in [-0.1, -0.05) is 35.7 Å². The first-order chi connectivity index (χ1) is 18.3. The molecule has 0 spiro atoms. The van der Waals surface area contributed by atoms with Crippen LogP contribution in [0.2, 0.25) is 0 Å². The summed E-state index contributed by atoms with van der Waals surface area (Å²) in [6.45, 7) is 3.74. The maximum Gasteiger partial charge on any atom is 0.530 e. The van der Waals surface area contributed by atoms with Crippen LogP contribution in [0.1, 0.15) is 27.0 Å². The first kappa shape index (κ1) is 30.8. The van der Waals surface area contributed by atoms with Crippen molar-refractivity contribution < 1.29 is 41.9 Å². The molecule has 1 aromatic carbocycles. The van der Waals surface area contributed by atoms with Crippen LogP contribution in [-0.4, -0.2) is 56.5 Å². The Labute approximate surface area is 231 Å². The van der Waals surface area contributed by atoms with Gasteiger partial charge in [-0.05, 0) is 44.5 Å². The molecule has 1 unspecified atom stereocenters. The lowest BCUT2D eigenvalue weighted by Crippen LogP contribution is -2.44. The number of esters is 1. The average Bonchev–Trinajstić information content (AvgIpc) is 3.10. The summed E-state index contributed by atoms with van der Waals surface area (Å²) in [5.74, 6) is 0.164. The Hall–Kier alpha value is -2.69. The topological polar surface area (TPSA) is 155 Å². The van der Waals surface area contributed by atoms with Gasteiger partial charge in [-0.15, -0.1) is 0 Å². The number of nitrogens with zero attached hydrogens (tertiary/aromatic N) is 1. The van der Waals surface area contributed by atoms with E-state index in [2.05, 4.69) is 5.92 Å². The number of aromatic nitrogens is 2. The summed E-state index contributed by atoms with van der Waals surface area (Å²) in [6.07, 6.45) is -6.31. The average molecular weight is 609 g/mol. The highest BCUT2D eigenvalue weighted by molar-refractivity contribution is 7.49. The first-order valence-electron chi connectivity index (χ1n) is 11.3. The molecule has 1 fully saturated rings. The van der Waals surface area contributed by atoms with Gasteiger partial charge >= 0.3 is 19.5 Å². The smallest absolute Gasteiger partial charge is 0.461 e. The second-order valence-corrected chi connectivity index (χ2v) is 10.8. The van der Waals surface area contributed by atoms with Crippen LogP contribution in [0.3, 0.4) is 0 Å². The number of ether oxygens (including phenoxy) is 2. The van der Waals surface area contributed by atoms with Crippen molar-refractivity contribution >= 4 is 37.0 Å². The van der Waals surface area contributed by atoms with Crippen molar-refractivity contribution in [3.8, 4) is 17.0 Å². The van der Waals surface area contributed by atoms with Crippen LogP contribution in [0.4, 0.5) is 4.39 Å². The first-order valence-corrected chi connectivity index (χ1v) is 13.6. The van der Waals surface area contributed by atoms with Crippen LogP contribution < -0.4 is 15.8 Å². The Kier molecular flexibility index (Phi) is 10.0. The number of para-hydroxylation sites is 1. The zero-order valence-electron chi connectivity index (χ0n) is 20.7. The Balaban J connectivity index is 1.89. The molecule has 212 valence electrons. The van der Waals surface area contributed by atoms with E-state index in [1.807, 2.05) is 5.38 Å². The molecule has 1 aliphatic rings. The number of carbonyl (C=O) groups excluding carboxylic acids is 1. The van der Waals surface area contributed by atoms with E-state index in [1.165, 1.54) is 19.1 Å². The summed E-state index contributed by atoms with van der Waals surface area (Å²) in [5, 5.41) is 12.9. The lowest BCUT2D eigenvalue weighted by atomic mass is 9.99. The molecule has 0 saturated carbocycles. The molecular formula is C23H24Cl2FN2O10P. The molecule has 0 amide bonds. The fraction of sp³-hybridized carbons (Fsp3) is 0.435. The molecule has 1 saturated heterocycles. The van der Waals surface area contributed by atoms with Gasteiger partial charge in [0.2, 0.25) is 5.82 Å². The van der Waals surface area contributed by atoms with Crippen LogP contribution >= 0.6 is 31.0 Å². The van der Waals surface area contributed by atoms with Crippen LogP contribution in [0.15, 0.2) is 46.1 Å². The van der Waals surface area contributed by atoms with Crippen molar-refractivity contribution in [3.63, 3.8) is 0 Å². The number of H-pyrrole nitrogens is 1. The van der Waals surface area contributed by atoms with Crippen molar-refractivity contribution in [2.24, 2.45) is 0 Å². The third-order valence-electron chi connectivity index (χ3n) is 5.19. The third-order valence-corrected chi connectivity index (χ3v) is 7.26. The monoisotopic (exact) mass is 608 g/mol. The number of alkyl halides is 1. The van der Waals surface area contributed by atoms with Gasteiger partial charge in [-0.25, -0.2) is 14.2 Å². The molecular weight excluding hydrogens is 585 g/mol. The van der Waals surface area contributed by atoms with Crippen molar-refractivity contribution in [2.75, 3.05) is 6.61 Å². The van der Waals surface area contributed by atoms with Crippen LogP contribution in [-0.2, 0) is 27.9 Å². The normalized spacial score (nSPS) is 24.9. The Morgan fingerprint density at radius 2 is 1.97 bits per heavy atom. The number of halogens is 3. The number of nitrogens with one attached hydrogen (secondary N) is 1. The number of hydrogen-bond donors (Lipinski definition) is 2. The van der Waals surface area contributed by atoms with Crippen molar-refractivity contribution in [2.45, 2.75) is 56.3 Å². The molecule has 1 aliphatic heterocycles. The molecule has 1 aromatic heterocycles. The summed E-state index contributed by atoms with van der Waals surface area (Å²) in [7, 11) is -4.62. The maximum atomic E-state index is 14.0. The Morgan fingerprint density at radius 3 is 2.59 bits per heavy atom. The number of aromatic amines is 1. The molecule has 16 heteroatoms. The zero-order valence-corrected chi connectivity index (χ0v) is 23.1. The number of hydrogen-bond acceptors (Lipinski definition) is 10. The lowest BCUT2D eigenvalue weighted by molar-refractivity contribution is -0.156. The molecule has 12 nitrogen and oxygen atoms in total. The molecule has 0 bridgehead atoms. The van der Waals surface area contributed by atoms with Gasteiger partial charge in [0.05, 0.1) is 18.9 Å². The van der Waals surface area contributed by atoms with E-state index in [-0.39, 0.29) is 5.75 Å². The number of rotatable bonds is 10. The van der Waals surface area contributed by atoms with Gasteiger partial charge < -0.3 is 19.1 Å². The van der Waals surface area contributed by atoms with Gasteiger partial charge in [-0.3, -0.25) is 23.4 Å². The predicted octanol–water partition coefficient (Wildman–Crippen LogP) is 2.67. The summed E-state index contributed by atoms with van der Waals surface area (Å²) in [4.78, 5) is 35.6. The van der Waals surface area contributed by atoms with Crippen molar-refractivity contribution in [1.29, 1.82) is 0 Å². The van der Waals surface area contributed by atoms with Gasteiger partial charge in [-0.2, -0.15) is 4.39 Å². The standard InChI is InChI=1S/C23H24Cl2FN2O10P/c1-13(2)35-20(31)14(3)37-39(33,38-15-7-5-4-6-8-15)34-12-17-18(29)23(25,9-10-24)21(36-17)28-11-16(26)19(30)27-22(28)32/h4-8,11,13-14,17-18,21,29H,12H2,1-3H3,(H,27,30,32)/t14-,17+,18?,21+,23+,39-/m0/s1. The van der Waals surface area contributed by atoms with Gasteiger partial charge in [0.15, 0.2) is 17.2 Å². The highest BCUT2D eigenvalue weighted by Crippen LogP contribution is 2.52. The minimum absolute atomic E-state index is 0.0611. The van der Waals surface area contributed by atoms with E-state index < -0.39 is 73.0 Å². The Bertz CT molecular complexity index is 1410. The fourth-order valence-electron chi connectivity index (χ4n) is 3.42. The summed E-state index contributed by atoms with van der Waals surface area (Å²) >= 11 is 12.0. The van der Waals surface area contributed by atoms with Gasteiger partial charge in [0.25, 0.3) is 5.56 Å². The van der Waals surface area contributed by atoms with Crippen molar-refractivity contribution in [1.82, 2.24) is 9.55 Å². The van der Waals surface area contributed by atoms with E-state index in [4.69, 9.17) is 46.2 Å². The number of aliphatic hydroxyl groups excluding tert-OH is 1. The van der Waals surface area contributed by atoms with E-state index in [0.29, 0.717) is 10.8 Å². The molecule has 2 heterocycles. The second-order valence-electron chi connectivity index (χ2n) is 8.48. The number of aliphatic hydroxyl groups is 1. The van der Waals surface area contributed by atoms with E-state index in [0.717, 1.165) is 0 Å². The minimum Gasteiger partial charge on any atom is -0.461 e. The molecule has 0 aliphatic carbocycles. The lowest BCUT2D eigenvalue weighted by Gasteiger charge is -2.25. The largest absolute Gasteiger partial charge is 0.530 e. The molecule has 39 heavy (non-hydrogen) atoms. The number of phosphoric ester groups is 1. The van der Waals surface area contributed by atoms with Crippen LogP contribution in [0, 0.1) is 17.1 Å². The van der Waals surface area contributed by atoms with Gasteiger partial charge in [0.1, 0.15) is 18.0 Å². The molecule has 6 atom stereocenters. The second kappa shape index (κ2) is 12.7. The summed E-state index contributed by atoms with van der Waals surface area (Å²) in [6, 6.07) is 7.73.